The van der Waals surface area contributed by atoms with Gasteiger partial charge in [-0.15, -0.1) is 0 Å². The molecule has 0 N–H and O–H groups in total. The van der Waals surface area contributed by atoms with Crippen LogP contribution in [-0.4, -0.2) is 4.57 Å². The van der Waals surface area contributed by atoms with Crippen molar-refractivity contribution < 1.29 is 0 Å². The van der Waals surface area contributed by atoms with Crippen molar-refractivity contribution in [3.8, 4) is 27.9 Å². The summed E-state index contributed by atoms with van der Waals surface area (Å²) in [5, 5.41) is 2.50. The summed E-state index contributed by atoms with van der Waals surface area (Å²) in [6.07, 6.45) is 8.36. The molecule has 0 spiro atoms. The molecule has 4 aliphatic rings. The summed E-state index contributed by atoms with van der Waals surface area (Å²) < 4.78 is 2.57. The summed E-state index contributed by atoms with van der Waals surface area (Å²) in [4.78, 5) is 5.07. The molecule has 0 amide bonds. The molecule has 74 heavy (non-hydrogen) atoms. The van der Waals surface area contributed by atoms with E-state index in [2.05, 4.69) is 279 Å². The van der Waals surface area contributed by atoms with E-state index in [1.165, 1.54) is 106 Å². The number of aromatic nitrogens is 1. The van der Waals surface area contributed by atoms with Crippen LogP contribution in [0.3, 0.4) is 0 Å². The Bertz CT molecular complexity index is 3870. The van der Waals surface area contributed by atoms with Gasteiger partial charge >= 0.3 is 0 Å². The van der Waals surface area contributed by atoms with Crippen LogP contribution in [0.15, 0.2) is 188 Å². The lowest BCUT2D eigenvalue weighted by Crippen LogP contribution is -2.27. The van der Waals surface area contributed by atoms with Gasteiger partial charge in [-0.25, -0.2) is 0 Å². The second kappa shape index (κ2) is 15.8. The number of allylic oxidation sites excluding steroid dienone is 3. The average Bonchev–Trinajstić information content (AvgIpc) is 3.99. The van der Waals surface area contributed by atoms with Crippen molar-refractivity contribution in [1.29, 1.82) is 0 Å². The van der Waals surface area contributed by atoms with Crippen LogP contribution in [0, 0.1) is 11.3 Å². The molecular formula is C71H69N3. The molecule has 368 valence electrons. The monoisotopic (exact) mass is 964 g/mol. The third-order valence-corrected chi connectivity index (χ3v) is 17.9. The van der Waals surface area contributed by atoms with E-state index < -0.39 is 0 Å². The number of fused-ring (bicyclic) bond motifs is 11. The summed E-state index contributed by atoms with van der Waals surface area (Å²) >= 11 is 0. The first kappa shape index (κ1) is 46.4. The maximum Gasteiger partial charge on any atom is 0.0583 e. The first-order valence-corrected chi connectivity index (χ1v) is 27.0. The van der Waals surface area contributed by atoms with Gasteiger partial charge in [0.15, 0.2) is 0 Å². The van der Waals surface area contributed by atoms with E-state index in [-0.39, 0.29) is 27.1 Å². The summed E-state index contributed by atoms with van der Waals surface area (Å²) in [6, 6.07) is 63.1. The normalized spacial score (nSPS) is 17.4. The predicted octanol–water partition coefficient (Wildman–Crippen LogP) is 19.4. The topological polar surface area (TPSA) is 11.4 Å². The molecule has 1 aliphatic heterocycles. The molecule has 13 rings (SSSR count). The minimum absolute atomic E-state index is 0.0336. The molecule has 0 radical (unpaired) electrons. The van der Waals surface area contributed by atoms with Gasteiger partial charge in [-0.3, -0.25) is 0 Å². The Balaban J connectivity index is 1.06. The van der Waals surface area contributed by atoms with Crippen molar-refractivity contribution >= 4 is 50.2 Å². The molecule has 1 atom stereocenters. The number of anilines is 5. The maximum absolute atomic E-state index is 2.57. The number of hydrogen-bond donors (Lipinski definition) is 0. The van der Waals surface area contributed by atoms with E-state index in [1.54, 1.807) is 0 Å². The SMILES string of the molecule is CC(C)(C)c1ccc(N(c2ccc3c(c2)C(C)(C)c2ccccc2-3)c2ccc3c(c2)c2cc(N(C4=CCC(C(C)(C)C)C=C4)c4ccc5c(c4)C(C)(C)c4ccccc4-5)cc4c2n3-c2ccccc2C4(C)C)cc1. The van der Waals surface area contributed by atoms with Gasteiger partial charge in [0.1, 0.15) is 0 Å². The summed E-state index contributed by atoms with van der Waals surface area (Å²) in [5.41, 5.74) is 25.3. The zero-order valence-electron chi connectivity index (χ0n) is 45.4. The summed E-state index contributed by atoms with van der Waals surface area (Å²) in [7, 11) is 0. The van der Waals surface area contributed by atoms with Crippen LogP contribution in [0.2, 0.25) is 0 Å². The highest BCUT2D eigenvalue weighted by molar-refractivity contribution is 6.14. The lowest BCUT2D eigenvalue weighted by Gasteiger charge is -2.37. The van der Waals surface area contributed by atoms with E-state index in [9.17, 15) is 0 Å². The fourth-order valence-electron chi connectivity index (χ4n) is 13.5. The molecule has 0 saturated carbocycles. The molecule has 1 unspecified atom stereocenters. The largest absolute Gasteiger partial charge is 0.311 e. The van der Waals surface area contributed by atoms with Crippen LogP contribution in [-0.2, 0) is 21.7 Å². The van der Waals surface area contributed by atoms with E-state index in [0.29, 0.717) is 5.92 Å². The van der Waals surface area contributed by atoms with Gasteiger partial charge in [0.2, 0.25) is 0 Å². The van der Waals surface area contributed by atoms with E-state index in [0.717, 1.165) is 23.5 Å². The van der Waals surface area contributed by atoms with E-state index in [1.807, 2.05) is 0 Å². The third kappa shape index (κ3) is 6.77. The molecule has 3 heteroatoms. The van der Waals surface area contributed by atoms with E-state index in [4.69, 9.17) is 0 Å². The number of benzene rings is 8. The van der Waals surface area contributed by atoms with Crippen molar-refractivity contribution in [2.75, 3.05) is 9.80 Å². The molecule has 0 saturated heterocycles. The Hall–Kier alpha value is -7.36. The minimum atomic E-state index is -0.283. The van der Waals surface area contributed by atoms with Crippen LogP contribution >= 0.6 is 0 Å². The minimum Gasteiger partial charge on any atom is -0.311 e. The van der Waals surface area contributed by atoms with Crippen LogP contribution in [0.5, 0.6) is 0 Å². The van der Waals surface area contributed by atoms with Gasteiger partial charge in [0.25, 0.3) is 0 Å². The zero-order chi connectivity index (χ0) is 51.4. The summed E-state index contributed by atoms with van der Waals surface area (Å²) in [5.74, 6) is 0.455. The molecule has 2 heterocycles. The van der Waals surface area contributed by atoms with Crippen LogP contribution in [0.1, 0.15) is 128 Å². The number of nitrogens with zero attached hydrogens (tertiary/aromatic N) is 3. The lowest BCUT2D eigenvalue weighted by atomic mass is 9.74. The number of hydrogen-bond acceptors (Lipinski definition) is 2. The van der Waals surface area contributed by atoms with Gasteiger partial charge in [0.05, 0.1) is 16.7 Å². The Morgan fingerprint density at radius 3 is 1.51 bits per heavy atom. The van der Waals surface area contributed by atoms with Gasteiger partial charge in [-0.05, 0) is 163 Å². The maximum atomic E-state index is 2.57. The van der Waals surface area contributed by atoms with Crippen molar-refractivity contribution in [3.63, 3.8) is 0 Å². The predicted molar refractivity (Wildman–Crippen MR) is 315 cm³/mol. The van der Waals surface area contributed by atoms with Gasteiger partial charge in [-0.2, -0.15) is 0 Å². The number of rotatable bonds is 6. The quantitative estimate of drug-likeness (QED) is 0.165. The average molecular weight is 964 g/mol. The highest BCUT2D eigenvalue weighted by Gasteiger charge is 2.40. The molecule has 3 nitrogen and oxygen atoms in total. The molecule has 3 aliphatic carbocycles. The fourth-order valence-corrected chi connectivity index (χ4v) is 13.5. The molecule has 9 aromatic rings. The highest BCUT2D eigenvalue weighted by atomic mass is 15.2. The summed E-state index contributed by atoms with van der Waals surface area (Å²) in [6.45, 7) is 28.4. The Morgan fingerprint density at radius 1 is 0.446 bits per heavy atom. The van der Waals surface area contributed by atoms with Crippen LogP contribution in [0.25, 0.3) is 49.7 Å². The highest BCUT2D eigenvalue weighted by Crippen LogP contribution is 2.55. The molecule has 0 fully saturated rings. The van der Waals surface area contributed by atoms with Crippen molar-refractivity contribution in [1.82, 2.24) is 4.57 Å². The van der Waals surface area contributed by atoms with Crippen LogP contribution < -0.4 is 9.80 Å². The Morgan fingerprint density at radius 2 is 0.932 bits per heavy atom. The third-order valence-electron chi connectivity index (χ3n) is 17.9. The van der Waals surface area contributed by atoms with E-state index >= 15 is 0 Å². The molecule has 8 aromatic carbocycles. The van der Waals surface area contributed by atoms with Gasteiger partial charge < -0.3 is 14.4 Å². The fraction of sp³-hybridized carbons (Fsp3) is 0.268. The first-order chi connectivity index (χ1) is 35.2. The molecular weight excluding hydrogens is 895 g/mol. The van der Waals surface area contributed by atoms with Crippen molar-refractivity contribution in [2.45, 2.75) is 111 Å². The van der Waals surface area contributed by atoms with Gasteiger partial charge in [0, 0.05) is 61.2 Å². The Labute approximate surface area is 439 Å². The Kier molecular flexibility index (Phi) is 9.93. The molecule has 0 bridgehead atoms. The van der Waals surface area contributed by atoms with Gasteiger partial charge in [-0.1, -0.05) is 186 Å². The number of para-hydroxylation sites is 1. The smallest absolute Gasteiger partial charge is 0.0583 e. The molecule has 1 aromatic heterocycles. The second-order valence-electron chi connectivity index (χ2n) is 25.5. The lowest BCUT2D eigenvalue weighted by molar-refractivity contribution is 0.293. The van der Waals surface area contributed by atoms with Crippen molar-refractivity contribution in [3.05, 3.63) is 227 Å². The van der Waals surface area contributed by atoms with Crippen LogP contribution in [0.4, 0.5) is 28.4 Å². The standard InChI is InChI=1S/C71H69N3/c1-67(2,3)44-25-29-46(30-26-44)72(49-33-36-54-52-19-13-15-21-58(52)69(7,8)61(54)41-49)48-35-38-64-56(39-48)57-40-51(43-63-66(57)74(64)65-24-18-17-23-60(65)71(63,11)12)73(47-31-27-45(28-32-47)68(4,5)6)50-34-37-55-53-20-14-16-22-59(53)70(9,10)62(55)42-50/h13-27,29-43,45H,28H2,1-12H3. The first-order valence-electron chi connectivity index (χ1n) is 27.0. The van der Waals surface area contributed by atoms with Crippen molar-refractivity contribution in [2.24, 2.45) is 11.3 Å². The second-order valence-corrected chi connectivity index (χ2v) is 25.5. The zero-order valence-corrected chi connectivity index (χ0v) is 45.4.